The number of thiophene rings is 1. The van der Waals surface area contributed by atoms with Gasteiger partial charge < -0.3 is 4.90 Å². The van der Waals surface area contributed by atoms with Crippen LogP contribution < -0.4 is 5.69 Å². The van der Waals surface area contributed by atoms with Gasteiger partial charge in [0.15, 0.2) is 5.69 Å². The number of amides is 1. The van der Waals surface area contributed by atoms with Crippen molar-refractivity contribution in [1.82, 2.24) is 29.4 Å². The van der Waals surface area contributed by atoms with E-state index < -0.39 is 0 Å². The van der Waals surface area contributed by atoms with Crippen LogP contribution in [0.25, 0.3) is 10.6 Å². The van der Waals surface area contributed by atoms with E-state index in [1.165, 1.54) is 4.68 Å². The molecule has 8 nitrogen and oxygen atoms in total. The van der Waals surface area contributed by atoms with E-state index in [4.69, 9.17) is 0 Å². The zero-order valence-corrected chi connectivity index (χ0v) is 17.1. The fourth-order valence-corrected chi connectivity index (χ4v) is 4.48. The number of rotatable bonds is 4. The molecule has 0 bridgehead atoms. The fourth-order valence-electron chi connectivity index (χ4n) is 3.79. The number of nitrogens with one attached hydrogen (secondary N) is 1. The maximum Gasteiger partial charge on any atom is 0.345 e. The summed E-state index contributed by atoms with van der Waals surface area (Å²) in [5.74, 6) is 0.726. The van der Waals surface area contributed by atoms with E-state index >= 15 is 0 Å². The number of aryl methyl sites for hydroxylation is 1. The number of H-pyrrole nitrogens is 1. The first-order chi connectivity index (χ1) is 13.5. The van der Waals surface area contributed by atoms with E-state index in [1.54, 1.807) is 23.0 Å². The molecule has 3 aromatic rings. The number of piperidine rings is 1. The summed E-state index contributed by atoms with van der Waals surface area (Å²) in [6, 6.07) is 5.80. The first-order valence-corrected chi connectivity index (χ1v) is 10.4. The predicted molar refractivity (Wildman–Crippen MR) is 108 cm³/mol. The van der Waals surface area contributed by atoms with Gasteiger partial charge in [-0.05, 0) is 44.2 Å². The van der Waals surface area contributed by atoms with E-state index in [2.05, 4.69) is 15.3 Å². The Kier molecular flexibility index (Phi) is 4.92. The zero-order valence-electron chi connectivity index (χ0n) is 16.3. The van der Waals surface area contributed by atoms with Gasteiger partial charge in [0.25, 0.3) is 5.91 Å². The quantitative estimate of drug-likeness (QED) is 0.729. The van der Waals surface area contributed by atoms with E-state index in [0.717, 1.165) is 29.2 Å². The molecule has 148 valence electrons. The van der Waals surface area contributed by atoms with Gasteiger partial charge in [0, 0.05) is 32.1 Å². The van der Waals surface area contributed by atoms with E-state index in [9.17, 15) is 9.59 Å². The summed E-state index contributed by atoms with van der Waals surface area (Å²) in [5, 5.41) is 13.6. The topological polar surface area (TPSA) is 88.8 Å². The predicted octanol–water partition coefficient (Wildman–Crippen LogP) is 2.63. The number of aromatic nitrogens is 5. The molecule has 0 spiro atoms. The van der Waals surface area contributed by atoms with E-state index in [-0.39, 0.29) is 23.6 Å². The van der Waals surface area contributed by atoms with Crippen LogP contribution in [0.4, 0.5) is 0 Å². The van der Waals surface area contributed by atoms with Gasteiger partial charge in [-0.3, -0.25) is 14.5 Å². The fraction of sp³-hybridized carbons (Fsp3) is 0.474. The van der Waals surface area contributed by atoms with E-state index in [0.29, 0.717) is 18.8 Å². The van der Waals surface area contributed by atoms with Crippen LogP contribution in [0.2, 0.25) is 0 Å². The average molecular weight is 401 g/mol. The highest BCUT2D eigenvalue weighted by molar-refractivity contribution is 7.13. The van der Waals surface area contributed by atoms with Crippen molar-refractivity contribution in [1.29, 1.82) is 0 Å². The Hall–Kier alpha value is -2.68. The van der Waals surface area contributed by atoms with Crippen LogP contribution in [0.3, 0.4) is 0 Å². The standard InChI is InChI=1S/C19H24N6O2S/c1-12(2)25-17(22-23(3)19(25)27)13-6-4-8-24(11-13)18(26)15-10-14(20-21-15)16-7-5-9-28-16/h5,7,9-10,12-13H,4,6,8,11H2,1-3H3,(H,20,21). The number of aromatic amines is 1. The normalized spacial score (nSPS) is 17.4. The maximum absolute atomic E-state index is 13.0. The summed E-state index contributed by atoms with van der Waals surface area (Å²) in [6.07, 6.45) is 1.79. The average Bonchev–Trinajstić information content (AvgIpc) is 3.42. The summed E-state index contributed by atoms with van der Waals surface area (Å²) in [7, 11) is 1.67. The third-order valence-corrected chi connectivity index (χ3v) is 6.06. The molecule has 4 heterocycles. The van der Waals surface area contributed by atoms with Crippen molar-refractivity contribution < 1.29 is 4.79 Å². The van der Waals surface area contributed by atoms with Gasteiger partial charge in [0.2, 0.25) is 0 Å². The SMILES string of the molecule is CC(C)n1c(C2CCCN(C(=O)c3cc(-c4cccs4)[nH]n3)C2)nn(C)c1=O. The van der Waals surface area contributed by atoms with Crippen LogP contribution in [-0.4, -0.2) is 48.4 Å². The molecule has 4 rings (SSSR count). The summed E-state index contributed by atoms with van der Waals surface area (Å²) < 4.78 is 3.12. The van der Waals surface area contributed by atoms with Crippen LogP contribution in [0.5, 0.6) is 0 Å². The third-order valence-electron chi connectivity index (χ3n) is 5.16. The molecule has 3 aromatic heterocycles. The second-order valence-electron chi connectivity index (χ2n) is 7.46. The molecule has 1 fully saturated rings. The second kappa shape index (κ2) is 7.38. The van der Waals surface area contributed by atoms with Gasteiger partial charge in [-0.1, -0.05) is 6.07 Å². The molecule has 28 heavy (non-hydrogen) atoms. The molecular formula is C19H24N6O2S. The number of carbonyl (C=O) groups is 1. The van der Waals surface area contributed by atoms with Crippen molar-refractivity contribution >= 4 is 17.2 Å². The Balaban J connectivity index is 1.55. The minimum Gasteiger partial charge on any atom is -0.337 e. The van der Waals surface area contributed by atoms with Gasteiger partial charge in [-0.15, -0.1) is 11.3 Å². The summed E-state index contributed by atoms with van der Waals surface area (Å²) in [6.45, 7) is 5.20. The smallest absolute Gasteiger partial charge is 0.337 e. The lowest BCUT2D eigenvalue weighted by molar-refractivity contribution is 0.0696. The van der Waals surface area contributed by atoms with Crippen molar-refractivity contribution in [3.63, 3.8) is 0 Å². The first-order valence-electron chi connectivity index (χ1n) is 9.49. The molecule has 1 saturated heterocycles. The highest BCUT2D eigenvalue weighted by Crippen LogP contribution is 2.28. The van der Waals surface area contributed by atoms with Gasteiger partial charge in [-0.25, -0.2) is 9.48 Å². The molecule has 1 aliphatic heterocycles. The molecule has 0 radical (unpaired) electrons. The van der Waals surface area contributed by atoms with Crippen LogP contribution in [0.1, 0.15) is 55.0 Å². The number of nitrogens with zero attached hydrogens (tertiary/aromatic N) is 5. The maximum atomic E-state index is 13.0. The Bertz CT molecular complexity index is 1030. The second-order valence-corrected chi connectivity index (χ2v) is 8.41. The van der Waals surface area contributed by atoms with Gasteiger partial charge in [-0.2, -0.15) is 10.2 Å². The minimum atomic E-state index is -0.110. The highest BCUT2D eigenvalue weighted by Gasteiger charge is 2.31. The highest BCUT2D eigenvalue weighted by atomic mass is 32.1. The lowest BCUT2D eigenvalue weighted by Gasteiger charge is -2.32. The Morgan fingerprint density at radius 1 is 1.39 bits per heavy atom. The van der Waals surface area contributed by atoms with Crippen molar-refractivity contribution in [2.45, 2.75) is 38.6 Å². The Morgan fingerprint density at radius 2 is 2.21 bits per heavy atom. The summed E-state index contributed by atoms with van der Waals surface area (Å²) in [4.78, 5) is 28.3. The molecule has 0 saturated carbocycles. The molecule has 1 amide bonds. The molecule has 9 heteroatoms. The largest absolute Gasteiger partial charge is 0.345 e. The molecule has 1 aliphatic rings. The van der Waals surface area contributed by atoms with Crippen molar-refractivity contribution in [2.75, 3.05) is 13.1 Å². The number of carbonyl (C=O) groups excluding carboxylic acids is 1. The Labute approximate surface area is 166 Å². The van der Waals surface area contributed by atoms with Gasteiger partial charge in [0.05, 0.1) is 10.6 Å². The summed E-state index contributed by atoms with van der Waals surface area (Å²) in [5.41, 5.74) is 1.16. The number of likely N-dealkylation sites (tertiary alicyclic amines) is 1. The molecule has 1 N–H and O–H groups in total. The van der Waals surface area contributed by atoms with Crippen LogP contribution >= 0.6 is 11.3 Å². The monoisotopic (exact) mass is 400 g/mol. The number of hydrogen-bond donors (Lipinski definition) is 1. The first kappa shape index (κ1) is 18.7. The van der Waals surface area contributed by atoms with E-state index in [1.807, 2.05) is 42.3 Å². The van der Waals surface area contributed by atoms with Crippen molar-refractivity contribution in [2.24, 2.45) is 7.05 Å². The van der Waals surface area contributed by atoms with Crippen LogP contribution in [-0.2, 0) is 7.05 Å². The van der Waals surface area contributed by atoms with Crippen LogP contribution in [0.15, 0.2) is 28.4 Å². The van der Waals surface area contributed by atoms with Crippen molar-refractivity contribution in [3.8, 4) is 10.6 Å². The minimum absolute atomic E-state index is 0.0296. The van der Waals surface area contributed by atoms with Crippen LogP contribution in [0, 0.1) is 0 Å². The Morgan fingerprint density at radius 3 is 2.93 bits per heavy atom. The summed E-state index contributed by atoms with van der Waals surface area (Å²) >= 11 is 1.60. The van der Waals surface area contributed by atoms with Gasteiger partial charge in [0.1, 0.15) is 5.82 Å². The molecular weight excluding hydrogens is 376 g/mol. The number of hydrogen-bond acceptors (Lipinski definition) is 5. The van der Waals surface area contributed by atoms with Crippen molar-refractivity contribution in [3.05, 3.63) is 45.6 Å². The molecule has 0 aromatic carbocycles. The van der Waals surface area contributed by atoms with Gasteiger partial charge >= 0.3 is 5.69 Å². The lowest BCUT2D eigenvalue weighted by atomic mass is 9.96. The molecule has 1 atom stereocenters. The lowest BCUT2D eigenvalue weighted by Crippen LogP contribution is -2.40. The zero-order chi connectivity index (χ0) is 19.8. The molecule has 1 unspecified atom stereocenters. The molecule has 0 aliphatic carbocycles. The third kappa shape index (κ3) is 3.30.